The normalized spacial score (nSPS) is 11.6. The second kappa shape index (κ2) is 11.6. The number of phenolic OH excluding ortho intramolecular Hbond substituents is 7. The van der Waals surface area contributed by atoms with Gasteiger partial charge in [-0.25, -0.2) is 0 Å². The third-order valence-electron chi connectivity index (χ3n) is 10.2. The summed E-state index contributed by atoms with van der Waals surface area (Å²) in [6.07, 6.45) is 0. The molecule has 0 aliphatic rings. The number of hydrogen-bond acceptors (Lipinski definition) is 8. The van der Waals surface area contributed by atoms with Crippen LogP contribution in [0.5, 0.6) is 40.2 Å². The van der Waals surface area contributed by atoms with E-state index in [0.717, 1.165) is 38.6 Å². The fourth-order valence-corrected chi connectivity index (χ4v) is 7.71. The van der Waals surface area contributed by atoms with Crippen LogP contribution in [-0.2, 0) is 0 Å². The fourth-order valence-electron chi connectivity index (χ4n) is 7.71. The highest BCUT2D eigenvalue weighted by Crippen LogP contribution is 2.60. The van der Waals surface area contributed by atoms with Gasteiger partial charge in [0.2, 0.25) is 11.5 Å². The van der Waals surface area contributed by atoms with E-state index < -0.39 is 34.5 Å². The zero-order chi connectivity index (χ0) is 36.7. The minimum atomic E-state index is -0.975. The summed E-state index contributed by atoms with van der Waals surface area (Å²) in [6.45, 7) is 1.44. The van der Waals surface area contributed by atoms with Crippen molar-refractivity contribution >= 4 is 43.5 Å². The van der Waals surface area contributed by atoms with Crippen molar-refractivity contribution in [2.45, 2.75) is 6.92 Å². The van der Waals surface area contributed by atoms with Crippen molar-refractivity contribution in [3.05, 3.63) is 127 Å². The van der Waals surface area contributed by atoms with Gasteiger partial charge < -0.3 is 40.2 Å². The lowest BCUT2D eigenvalue weighted by Crippen LogP contribution is -1.95. The van der Waals surface area contributed by atoms with Gasteiger partial charge in [-0.2, -0.15) is 0 Å². The molecule has 0 amide bonds. The summed E-state index contributed by atoms with van der Waals surface area (Å²) >= 11 is 0. The summed E-state index contributed by atoms with van der Waals surface area (Å²) in [5.74, 6) is -4.99. The van der Waals surface area contributed by atoms with E-state index in [9.17, 15) is 35.7 Å². The molecule has 0 radical (unpaired) electrons. The molecular weight excluding hydrogens is 668 g/mol. The average Bonchev–Trinajstić information content (AvgIpc) is 3.58. The third kappa shape index (κ3) is 4.49. The molecule has 8 aromatic carbocycles. The first-order valence-electron chi connectivity index (χ1n) is 16.9. The van der Waals surface area contributed by atoms with E-state index in [1.807, 2.05) is 78.9 Å². The molecule has 8 nitrogen and oxygen atoms in total. The molecule has 0 bridgehead atoms. The van der Waals surface area contributed by atoms with Gasteiger partial charge in [-0.3, -0.25) is 0 Å². The maximum absolute atomic E-state index is 11.7. The summed E-state index contributed by atoms with van der Waals surface area (Å²) in [6, 6.07) is 37.7. The van der Waals surface area contributed by atoms with Crippen LogP contribution in [0.2, 0.25) is 0 Å². The Morgan fingerprint density at radius 1 is 0.340 bits per heavy atom. The Hall–Kier alpha value is -7.32. The van der Waals surface area contributed by atoms with Crippen LogP contribution in [0.1, 0.15) is 5.56 Å². The van der Waals surface area contributed by atoms with Crippen LogP contribution < -0.4 is 0 Å². The first-order valence-corrected chi connectivity index (χ1v) is 16.9. The Labute approximate surface area is 301 Å². The van der Waals surface area contributed by atoms with Crippen LogP contribution >= 0.6 is 0 Å². The number of hydrogen-bond donors (Lipinski definition) is 7. The second-order valence-electron chi connectivity index (χ2n) is 13.1. The van der Waals surface area contributed by atoms with Crippen LogP contribution in [0.15, 0.2) is 126 Å². The van der Waals surface area contributed by atoms with E-state index in [-0.39, 0.29) is 44.0 Å². The van der Waals surface area contributed by atoms with E-state index in [1.165, 1.54) is 6.92 Å². The van der Waals surface area contributed by atoms with E-state index in [1.54, 1.807) is 42.5 Å². The summed E-state index contributed by atoms with van der Waals surface area (Å²) in [4.78, 5) is 0. The van der Waals surface area contributed by atoms with Crippen LogP contribution in [0.25, 0.3) is 88.0 Å². The molecule has 0 saturated carbocycles. The molecule has 8 heteroatoms. The molecule has 0 fully saturated rings. The van der Waals surface area contributed by atoms with Crippen molar-refractivity contribution < 1.29 is 40.2 Å². The van der Waals surface area contributed by atoms with E-state index in [4.69, 9.17) is 4.42 Å². The Morgan fingerprint density at radius 3 is 1.38 bits per heavy atom. The predicted octanol–water partition coefficient (Wildman–Crippen LogP) is 10.8. The molecule has 9 aromatic rings. The van der Waals surface area contributed by atoms with Crippen LogP contribution in [-0.4, -0.2) is 35.7 Å². The second-order valence-corrected chi connectivity index (χ2v) is 13.1. The standard InChI is InChI=1S/C45H30O8/c1-22-39(46)35-32(24-12-6-3-7-13-24)37-38(43(50)45(52)44(51)42(37)49)33(36(35)41(48)40(22)47)26-18-16-25(17-19-26)31-27(23-10-4-2-5-11-23)20-21-30-34(31)28-14-8-9-15-29(28)53-30/h2-21,46-52H,1H3. The lowest BCUT2D eigenvalue weighted by Gasteiger charge is -2.23. The number of benzene rings is 8. The summed E-state index contributed by atoms with van der Waals surface area (Å²) in [5.41, 5.74) is 6.21. The SMILES string of the molecule is Cc1c(O)c(O)c2c(-c3ccc(-c4c(-c5ccccc5)ccc5oc6ccccc6c45)cc3)c3c(O)c(O)c(O)c(O)c3c(-c3ccccc3)c2c1O. The Bertz CT molecular complexity index is 2870. The highest BCUT2D eigenvalue weighted by molar-refractivity contribution is 6.28. The number of rotatable bonds is 4. The monoisotopic (exact) mass is 698 g/mol. The number of fused-ring (bicyclic) bond motifs is 5. The van der Waals surface area contributed by atoms with Crippen LogP contribution in [0, 0.1) is 6.92 Å². The topological polar surface area (TPSA) is 155 Å². The smallest absolute Gasteiger partial charge is 0.204 e. The maximum Gasteiger partial charge on any atom is 0.204 e. The first-order chi connectivity index (χ1) is 25.7. The summed E-state index contributed by atoms with van der Waals surface area (Å²) in [7, 11) is 0. The van der Waals surface area contributed by atoms with Gasteiger partial charge in [-0.1, -0.05) is 109 Å². The van der Waals surface area contributed by atoms with Crippen LogP contribution in [0.3, 0.4) is 0 Å². The molecule has 1 aromatic heterocycles. The van der Waals surface area contributed by atoms with Crippen LogP contribution in [0.4, 0.5) is 0 Å². The predicted molar refractivity (Wildman–Crippen MR) is 207 cm³/mol. The lowest BCUT2D eigenvalue weighted by molar-refractivity contribution is 0.351. The first kappa shape index (κ1) is 31.6. The van der Waals surface area contributed by atoms with E-state index >= 15 is 0 Å². The van der Waals surface area contributed by atoms with Gasteiger partial charge in [0.05, 0.1) is 0 Å². The van der Waals surface area contributed by atoms with Crippen molar-refractivity contribution in [3.8, 4) is 84.8 Å². The summed E-state index contributed by atoms with van der Waals surface area (Å²) < 4.78 is 6.26. The Balaban J connectivity index is 1.41. The molecule has 7 N–H and O–H groups in total. The molecule has 0 aliphatic carbocycles. The number of furan rings is 1. The number of aromatic hydroxyl groups is 7. The summed E-state index contributed by atoms with van der Waals surface area (Å²) in [5, 5.41) is 80.9. The highest BCUT2D eigenvalue weighted by atomic mass is 16.3. The van der Waals surface area contributed by atoms with Crippen molar-refractivity contribution in [3.63, 3.8) is 0 Å². The Kier molecular flexibility index (Phi) is 6.93. The number of phenols is 7. The molecule has 0 aliphatic heterocycles. The lowest BCUT2D eigenvalue weighted by atomic mass is 9.82. The molecule has 53 heavy (non-hydrogen) atoms. The minimum absolute atomic E-state index is 0.0200. The minimum Gasteiger partial charge on any atom is -0.507 e. The zero-order valence-corrected chi connectivity index (χ0v) is 28.1. The molecular formula is C45H30O8. The third-order valence-corrected chi connectivity index (χ3v) is 10.2. The van der Waals surface area contributed by atoms with Crippen molar-refractivity contribution in [1.82, 2.24) is 0 Å². The van der Waals surface area contributed by atoms with E-state index in [0.29, 0.717) is 16.7 Å². The van der Waals surface area contributed by atoms with E-state index in [2.05, 4.69) is 0 Å². The van der Waals surface area contributed by atoms with Gasteiger partial charge in [0, 0.05) is 54.6 Å². The maximum atomic E-state index is 11.7. The van der Waals surface area contributed by atoms with Gasteiger partial charge in [-0.05, 0) is 46.9 Å². The number of para-hydroxylation sites is 1. The van der Waals surface area contributed by atoms with Gasteiger partial charge in [0.25, 0.3) is 0 Å². The van der Waals surface area contributed by atoms with Crippen molar-refractivity contribution in [1.29, 1.82) is 0 Å². The largest absolute Gasteiger partial charge is 0.507 e. The van der Waals surface area contributed by atoms with Crippen molar-refractivity contribution in [2.24, 2.45) is 0 Å². The molecule has 9 rings (SSSR count). The average molecular weight is 699 g/mol. The quantitative estimate of drug-likeness (QED) is 0.0544. The fraction of sp³-hybridized carbons (Fsp3) is 0.0222. The van der Waals surface area contributed by atoms with Gasteiger partial charge in [0.15, 0.2) is 23.0 Å². The van der Waals surface area contributed by atoms with Gasteiger partial charge in [0.1, 0.15) is 16.9 Å². The van der Waals surface area contributed by atoms with Gasteiger partial charge >= 0.3 is 0 Å². The molecule has 0 atom stereocenters. The molecule has 0 saturated heterocycles. The molecule has 258 valence electrons. The molecule has 0 unspecified atom stereocenters. The molecule has 0 spiro atoms. The highest BCUT2D eigenvalue weighted by Gasteiger charge is 2.31. The van der Waals surface area contributed by atoms with Crippen molar-refractivity contribution in [2.75, 3.05) is 0 Å². The zero-order valence-electron chi connectivity index (χ0n) is 28.1. The van der Waals surface area contributed by atoms with Gasteiger partial charge in [-0.15, -0.1) is 0 Å². The molecule has 1 heterocycles. The Morgan fingerprint density at radius 2 is 0.792 bits per heavy atom.